The van der Waals surface area contributed by atoms with Crippen LogP contribution in [0.2, 0.25) is 0 Å². The van der Waals surface area contributed by atoms with Crippen LogP contribution >= 0.6 is 0 Å². The van der Waals surface area contributed by atoms with Gasteiger partial charge in [0.2, 0.25) is 0 Å². The van der Waals surface area contributed by atoms with E-state index in [0.717, 1.165) is 43.7 Å². The SMILES string of the molecule is CCCc1nc(-c2ncccn2)nc2c1CNCC2. The summed E-state index contributed by atoms with van der Waals surface area (Å²) in [6.45, 7) is 4.02. The lowest BCUT2D eigenvalue weighted by molar-refractivity contribution is 0.615. The number of nitrogens with zero attached hydrogens (tertiary/aromatic N) is 4. The van der Waals surface area contributed by atoms with Gasteiger partial charge in [-0.1, -0.05) is 13.3 Å². The molecule has 1 N–H and O–H groups in total. The van der Waals surface area contributed by atoms with Crippen molar-refractivity contribution in [2.24, 2.45) is 0 Å². The molecule has 98 valence electrons. The van der Waals surface area contributed by atoms with Crippen LogP contribution in [0.15, 0.2) is 18.5 Å². The fraction of sp³-hybridized carbons (Fsp3) is 0.429. The molecule has 0 saturated carbocycles. The van der Waals surface area contributed by atoms with Gasteiger partial charge in [-0.05, 0) is 12.5 Å². The fourth-order valence-corrected chi connectivity index (χ4v) is 2.37. The summed E-state index contributed by atoms with van der Waals surface area (Å²) in [7, 11) is 0. The third-order valence-corrected chi connectivity index (χ3v) is 3.27. The third kappa shape index (κ3) is 2.46. The first-order valence-electron chi connectivity index (χ1n) is 6.75. The van der Waals surface area contributed by atoms with Crippen LogP contribution in [0.25, 0.3) is 11.6 Å². The minimum Gasteiger partial charge on any atom is -0.312 e. The number of aromatic nitrogens is 4. The Kier molecular flexibility index (Phi) is 3.46. The highest BCUT2D eigenvalue weighted by Crippen LogP contribution is 2.20. The number of nitrogens with one attached hydrogen (secondary N) is 1. The van der Waals surface area contributed by atoms with Crippen LogP contribution in [0.1, 0.15) is 30.3 Å². The molecule has 5 heteroatoms. The molecule has 1 aliphatic rings. The van der Waals surface area contributed by atoms with Crippen LogP contribution in [-0.2, 0) is 19.4 Å². The molecule has 0 aliphatic carbocycles. The predicted molar refractivity (Wildman–Crippen MR) is 72.5 cm³/mol. The average Bonchev–Trinajstić information content (AvgIpc) is 2.48. The van der Waals surface area contributed by atoms with E-state index in [-0.39, 0.29) is 0 Å². The molecule has 3 heterocycles. The van der Waals surface area contributed by atoms with Crippen molar-refractivity contribution in [3.05, 3.63) is 35.4 Å². The number of hydrogen-bond donors (Lipinski definition) is 1. The zero-order valence-corrected chi connectivity index (χ0v) is 11.1. The third-order valence-electron chi connectivity index (χ3n) is 3.27. The van der Waals surface area contributed by atoms with Crippen molar-refractivity contribution in [2.75, 3.05) is 6.54 Å². The molecular formula is C14H17N5. The smallest absolute Gasteiger partial charge is 0.198 e. The Morgan fingerprint density at radius 2 is 2.00 bits per heavy atom. The Labute approximate surface area is 112 Å². The molecule has 2 aromatic rings. The summed E-state index contributed by atoms with van der Waals surface area (Å²) in [5.41, 5.74) is 3.56. The zero-order chi connectivity index (χ0) is 13.1. The van der Waals surface area contributed by atoms with Crippen LogP contribution in [0.3, 0.4) is 0 Å². The second kappa shape index (κ2) is 5.40. The van der Waals surface area contributed by atoms with E-state index in [1.54, 1.807) is 18.5 Å². The standard InChI is InChI=1S/C14H17N5/c1-2-4-11-10-9-15-8-5-12(10)19-14(18-11)13-16-6-3-7-17-13/h3,6-7,15H,2,4-5,8-9H2,1H3. The van der Waals surface area contributed by atoms with Crippen molar-refractivity contribution < 1.29 is 0 Å². The molecule has 0 radical (unpaired) electrons. The van der Waals surface area contributed by atoms with E-state index >= 15 is 0 Å². The van der Waals surface area contributed by atoms with Gasteiger partial charge in [0.15, 0.2) is 11.6 Å². The van der Waals surface area contributed by atoms with Crippen LogP contribution < -0.4 is 5.32 Å². The molecule has 0 bridgehead atoms. The van der Waals surface area contributed by atoms with Gasteiger partial charge in [0.25, 0.3) is 0 Å². The van der Waals surface area contributed by atoms with E-state index in [2.05, 4.69) is 32.2 Å². The van der Waals surface area contributed by atoms with Gasteiger partial charge < -0.3 is 5.32 Å². The predicted octanol–water partition coefficient (Wildman–Crippen LogP) is 1.53. The van der Waals surface area contributed by atoms with Crippen molar-refractivity contribution in [3.63, 3.8) is 0 Å². The topological polar surface area (TPSA) is 63.6 Å². The van der Waals surface area contributed by atoms with Crippen LogP contribution in [0, 0.1) is 0 Å². The summed E-state index contributed by atoms with van der Waals surface area (Å²) in [6.07, 6.45) is 6.47. The Morgan fingerprint density at radius 3 is 2.79 bits per heavy atom. The number of aryl methyl sites for hydroxylation is 1. The van der Waals surface area contributed by atoms with E-state index in [1.807, 2.05) is 0 Å². The molecule has 0 saturated heterocycles. The highest BCUT2D eigenvalue weighted by molar-refractivity contribution is 5.45. The molecule has 2 aromatic heterocycles. The summed E-state index contributed by atoms with van der Waals surface area (Å²) in [6, 6.07) is 1.80. The van der Waals surface area contributed by atoms with Gasteiger partial charge in [-0.15, -0.1) is 0 Å². The molecule has 0 spiro atoms. The van der Waals surface area contributed by atoms with Crippen molar-refractivity contribution in [2.45, 2.75) is 32.7 Å². The largest absolute Gasteiger partial charge is 0.312 e. The highest BCUT2D eigenvalue weighted by Gasteiger charge is 2.18. The summed E-state index contributed by atoms with van der Waals surface area (Å²) >= 11 is 0. The molecule has 1 aliphatic heterocycles. The van der Waals surface area contributed by atoms with E-state index < -0.39 is 0 Å². The average molecular weight is 255 g/mol. The lowest BCUT2D eigenvalue weighted by Gasteiger charge is -2.19. The van der Waals surface area contributed by atoms with Gasteiger partial charge in [0.05, 0.1) is 5.69 Å². The Morgan fingerprint density at radius 1 is 1.16 bits per heavy atom. The van der Waals surface area contributed by atoms with Gasteiger partial charge in [0, 0.05) is 43.2 Å². The van der Waals surface area contributed by atoms with Crippen molar-refractivity contribution >= 4 is 0 Å². The monoisotopic (exact) mass is 255 g/mol. The summed E-state index contributed by atoms with van der Waals surface area (Å²) in [4.78, 5) is 17.8. The van der Waals surface area contributed by atoms with Crippen molar-refractivity contribution in [3.8, 4) is 11.6 Å². The Balaban J connectivity index is 2.09. The van der Waals surface area contributed by atoms with Gasteiger partial charge in [-0.2, -0.15) is 0 Å². The van der Waals surface area contributed by atoms with E-state index in [1.165, 1.54) is 5.56 Å². The van der Waals surface area contributed by atoms with Crippen molar-refractivity contribution in [1.29, 1.82) is 0 Å². The van der Waals surface area contributed by atoms with Gasteiger partial charge >= 0.3 is 0 Å². The normalized spacial score (nSPS) is 14.2. The summed E-state index contributed by atoms with van der Waals surface area (Å²) in [5, 5.41) is 3.39. The van der Waals surface area contributed by atoms with Crippen molar-refractivity contribution in [1.82, 2.24) is 25.3 Å². The maximum atomic E-state index is 4.67. The first-order valence-corrected chi connectivity index (χ1v) is 6.75. The zero-order valence-electron chi connectivity index (χ0n) is 11.1. The molecular weight excluding hydrogens is 238 g/mol. The highest BCUT2D eigenvalue weighted by atomic mass is 15.0. The maximum absolute atomic E-state index is 4.67. The maximum Gasteiger partial charge on any atom is 0.198 e. The minimum atomic E-state index is 0.612. The first kappa shape index (κ1) is 12.2. The minimum absolute atomic E-state index is 0.612. The van der Waals surface area contributed by atoms with Gasteiger partial charge in [-0.3, -0.25) is 0 Å². The quantitative estimate of drug-likeness (QED) is 0.901. The molecule has 0 aromatic carbocycles. The molecule has 5 nitrogen and oxygen atoms in total. The van der Waals surface area contributed by atoms with E-state index in [0.29, 0.717) is 11.6 Å². The second-order valence-corrected chi connectivity index (χ2v) is 4.67. The van der Waals surface area contributed by atoms with E-state index in [9.17, 15) is 0 Å². The van der Waals surface area contributed by atoms with Crippen LogP contribution in [-0.4, -0.2) is 26.5 Å². The summed E-state index contributed by atoms with van der Waals surface area (Å²) < 4.78 is 0. The van der Waals surface area contributed by atoms with E-state index in [4.69, 9.17) is 0 Å². The van der Waals surface area contributed by atoms with Gasteiger partial charge in [-0.25, -0.2) is 19.9 Å². The molecule has 0 amide bonds. The molecule has 0 atom stereocenters. The Bertz CT molecular complexity index is 568. The van der Waals surface area contributed by atoms with Gasteiger partial charge in [0.1, 0.15) is 0 Å². The second-order valence-electron chi connectivity index (χ2n) is 4.67. The van der Waals surface area contributed by atoms with Crippen LogP contribution in [0.4, 0.5) is 0 Å². The number of fused-ring (bicyclic) bond motifs is 1. The first-order chi connectivity index (χ1) is 9.38. The summed E-state index contributed by atoms with van der Waals surface area (Å²) in [5.74, 6) is 1.27. The number of hydrogen-bond acceptors (Lipinski definition) is 5. The molecule has 0 unspecified atom stereocenters. The lowest BCUT2D eigenvalue weighted by Crippen LogP contribution is -2.27. The Hall–Kier alpha value is -1.88. The molecule has 0 fully saturated rings. The fourth-order valence-electron chi connectivity index (χ4n) is 2.37. The molecule has 19 heavy (non-hydrogen) atoms. The van der Waals surface area contributed by atoms with Crippen LogP contribution in [0.5, 0.6) is 0 Å². The lowest BCUT2D eigenvalue weighted by atomic mass is 10.0. The molecule has 3 rings (SSSR count). The number of rotatable bonds is 3.